The van der Waals surface area contributed by atoms with E-state index in [1.807, 2.05) is 56.3 Å². The van der Waals surface area contributed by atoms with Gasteiger partial charge in [-0.2, -0.15) is 5.10 Å². The lowest BCUT2D eigenvalue weighted by Gasteiger charge is -2.30. The molecule has 0 N–H and O–H groups in total. The molecule has 2 aromatic carbocycles. The van der Waals surface area contributed by atoms with Crippen molar-refractivity contribution in [1.29, 1.82) is 0 Å². The number of carbonyl (C=O) groups is 1. The Labute approximate surface area is 187 Å². The van der Waals surface area contributed by atoms with Gasteiger partial charge in [0.15, 0.2) is 9.84 Å². The van der Waals surface area contributed by atoms with E-state index in [1.54, 1.807) is 11.0 Å². The third-order valence-electron chi connectivity index (χ3n) is 5.75. The van der Waals surface area contributed by atoms with Crippen LogP contribution in [0.4, 0.5) is 0 Å². The van der Waals surface area contributed by atoms with E-state index in [0.717, 1.165) is 16.3 Å². The summed E-state index contributed by atoms with van der Waals surface area (Å²) in [6.07, 6.45) is 0.430. The second-order valence-electron chi connectivity index (χ2n) is 8.74. The van der Waals surface area contributed by atoms with Crippen LogP contribution >= 0.6 is 0 Å². The van der Waals surface area contributed by atoms with Crippen LogP contribution < -0.4 is 5.56 Å². The van der Waals surface area contributed by atoms with Crippen LogP contribution in [0.5, 0.6) is 0 Å². The summed E-state index contributed by atoms with van der Waals surface area (Å²) in [7, 11) is -3.13. The van der Waals surface area contributed by atoms with Crippen LogP contribution in [0.3, 0.4) is 0 Å². The van der Waals surface area contributed by atoms with Crippen LogP contribution in [-0.2, 0) is 21.2 Å². The van der Waals surface area contributed by atoms with E-state index in [1.165, 1.54) is 10.7 Å². The van der Waals surface area contributed by atoms with Crippen LogP contribution in [0.2, 0.25) is 0 Å². The van der Waals surface area contributed by atoms with Crippen molar-refractivity contribution in [2.45, 2.75) is 32.9 Å². The van der Waals surface area contributed by atoms with E-state index in [0.29, 0.717) is 18.7 Å². The second-order valence-corrected chi connectivity index (χ2v) is 11.0. The van der Waals surface area contributed by atoms with E-state index in [-0.39, 0.29) is 41.5 Å². The van der Waals surface area contributed by atoms with Crippen LogP contribution in [0.15, 0.2) is 59.4 Å². The van der Waals surface area contributed by atoms with Crippen LogP contribution in [-0.4, -0.2) is 53.1 Å². The molecular formula is C24H27N3O4S. The Kier molecular flexibility index (Phi) is 6.15. The molecule has 3 aromatic rings. The van der Waals surface area contributed by atoms with E-state index >= 15 is 0 Å². The molecule has 0 bridgehead atoms. The molecule has 32 heavy (non-hydrogen) atoms. The summed E-state index contributed by atoms with van der Waals surface area (Å²) in [6.45, 7) is 4.18. The molecule has 1 aliphatic heterocycles. The lowest BCUT2D eigenvalue weighted by molar-refractivity contribution is -0.134. The first-order valence-electron chi connectivity index (χ1n) is 10.8. The molecule has 0 unspecified atom stereocenters. The highest BCUT2D eigenvalue weighted by Gasteiger charge is 2.35. The average molecular weight is 454 g/mol. The summed E-state index contributed by atoms with van der Waals surface area (Å²) < 4.78 is 25.1. The molecule has 1 atom stereocenters. The molecule has 0 spiro atoms. The van der Waals surface area contributed by atoms with Crippen molar-refractivity contribution in [2.75, 3.05) is 18.1 Å². The summed E-state index contributed by atoms with van der Waals surface area (Å²) >= 11 is 0. The molecule has 1 amide bonds. The molecule has 7 nitrogen and oxygen atoms in total. The topological polar surface area (TPSA) is 89.3 Å². The third-order valence-corrected chi connectivity index (χ3v) is 7.50. The maximum Gasteiger partial charge on any atom is 0.267 e. The Morgan fingerprint density at radius 2 is 1.88 bits per heavy atom. The Morgan fingerprint density at radius 3 is 2.59 bits per heavy atom. The number of nitrogens with zero attached hydrogens (tertiary/aromatic N) is 3. The maximum atomic E-state index is 13.2. The molecule has 0 saturated carbocycles. The molecule has 2 heterocycles. The summed E-state index contributed by atoms with van der Waals surface area (Å²) in [5.74, 6) is -0.0440. The Bertz CT molecular complexity index is 1310. The highest BCUT2D eigenvalue weighted by Crippen LogP contribution is 2.26. The number of carbonyl (C=O) groups excluding carboxylic acids is 1. The van der Waals surface area contributed by atoms with Crippen molar-refractivity contribution in [3.8, 4) is 11.3 Å². The summed E-state index contributed by atoms with van der Waals surface area (Å²) in [5.41, 5.74) is 1.11. The molecule has 8 heteroatoms. The SMILES string of the molecule is CC(C)CN(C(=O)Cn1nc(-c2cccc3ccccc23)ccc1=O)[C@H]1CCS(=O)(=O)C1. The monoisotopic (exact) mass is 453 g/mol. The van der Waals surface area contributed by atoms with Crippen molar-refractivity contribution in [3.05, 3.63) is 65.0 Å². The molecule has 0 aliphatic carbocycles. The number of fused-ring (bicyclic) bond motifs is 1. The van der Waals surface area contributed by atoms with E-state index in [9.17, 15) is 18.0 Å². The van der Waals surface area contributed by atoms with Crippen molar-refractivity contribution in [1.82, 2.24) is 14.7 Å². The number of benzene rings is 2. The quantitative estimate of drug-likeness (QED) is 0.573. The average Bonchev–Trinajstić information content (AvgIpc) is 3.12. The first-order chi connectivity index (χ1) is 15.2. The van der Waals surface area contributed by atoms with Gasteiger partial charge in [-0.3, -0.25) is 9.59 Å². The molecular weight excluding hydrogens is 426 g/mol. The minimum atomic E-state index is -3.13. The van der Waals surface area contributed by atoms with Crippen LogP contribution in [0.25, 0.3) is 22.0 Å². The molecule has 1 aliphatic rings. The number of hydrogen-bond donors (Lipinski definition) is 0. The Hall–Kier alpha value is -3.00. The molecule has 0 radical (unpaired) electrons. The number of rotatable bonds is 6. The van der Waals surface area contributed by atoms with E-state index in [4.69, 9.17) is 0 Å². The molecule has 1 fully saturated rings. The lowest BCUT2D eigenvalue weighted by Crippen LogP contribution is -2.46. The zero-order valence-electron chi connectivity index (χ0n) is 18.3. The minimum absolute atomic E-state index is 0.0240. The van der Waals surface area contributed by atoms with E-state index < -0.39 is 9.84 Å². The van der Waals surface area contributed by atoms with Gasteiger partial charge in [-0.15, -0.1) is 0 Å². The highest BCUT2D eigenvalue weighted by molar-refractivity contribution is 7.91. The summed E-state index contributed by atoms with van der Waals surface area (Å²) in [6, 6.07) is 16.5. The largest absolute Gasteiger partial charge is 0.337 e. The number of sulfone groups is 1. The number of amides is 1. The first-order valence-corrected chi connectivity index (χ1v) is 12.6. The molecule has 4 rings (SSSR count). The second kappa shape index (κ2) is 8.86. The van der Waals surface area contributed by atoms with Crippen molar-refractivity contribution in [2.24, 2.45) is 5.92 Å². The fourth-order valence-electron chi connectivity index (χ4n) is 4.24. The van der Waals surface area contributed by atoms with Gasteiger partial charge in [0.05, 0.1) is 17.2 Å². The standard InChI is InChI=1S/C24H27N3O4S/c1-17(2)14-26(19-12-13-32(30,31)16-19)24(29)15-27-23(28)11-10-22(25-27)21-9-5-7-18-6-3-4-8-20(18)21/h3-11,17,19H,12-16H2,1-2H3/t19-/m0/s1. The predicted octanol–water partition coefficient (Wildman–Crippen LogP) is 2.74. The van der Waals surface area contributed by atoms with Gasteiger partial charge in [-0.25, -0.2) is 13.1 Å². The van der Waals surface area contributed by atoms with Crippen molar-refractivity contribution < 1.29 is 13.2 Å². The lowest BCUT2D eigenvalue weighted by atomic mass is 10.0. The number of aromatic nitrogens is 2. The smallest absolute Gasteiger partial charge is 0.267 e. The summed E-state index contributed by atoms with van der Waals surface area (Å²) in [5, 5.41) is 6.56. The van der Waals surface area contributed by atoms with Gasteiger partial charge in [0.1, 0.15) is 6.54 Å². The van der Waals surface area contributed by atoms with Gasteiger partial charge in [0.25, 0.3) is 5.56 Å². The minimum Gasteiger partial charge on any atom is -0.337 e. The van der Waals surface area contributed by atoms with Gasteiger partial charge in [0, 0.05) is 24.2 Å². The molecule has 1 aromatic heterocycles. The van der Waals surface area contributed by atoms with Crippen LogP contribution in [0, 0.1) is 5.92 Å². The molecule has 1 saturated heterocycles. The summed E-state index contributed by atoms with van der Waals surface area (Å²) in [4.78, 5) is 27.3. The zero-order valence-corrected chi connectivity index (χ0v) is 19.1. The van der Waals surface area contributed by atoms with Gasteiger partial charge >= 0.3 is 0 Å². The fraction of sp³-hybridized carbons (Fsp3) is 0.375. The van der Waals surface area contributed by atoms with Gasteiger partial charge in [0.2, 0.25) is 5.91 Å². The van der Waals surface area contributed by atoms with Crippen molar-refractivity contribution >= 4 is 26.5 Å². The maximum absolute atomic E-state index is 13.2. The van der Waals surface area contributed by atoms with Gasteiger partial charge in [-0.05, 0) is 29.2 Å². The Balaban J connectivity index is 1.65. The van der Waals surface area contributed by atoms with E-state index in [2.05, 4.69) is 5.10 Å². The Morgan fingerprint density at radius 1 is 1.12 bits per heavy atom. The normalized spacial score (nSPS) is 17.7. The third kappa shape index (κ3) is 4.75. The first kappa shape index (κ1) is 22.2. The number of hydrogen-bond acceptors (Lipinski definition) is 5. The van der Waals surface area contributed by atoms with Gasteiger partial charge in [-0.1, -0.05) is 56.3 Å². The van der Waals surface area contributed by atoms with Crippen LogP contribution in [0.1, 0.15) is 20.3 Å². The van der Waals surface area contributed by atoms with Gasteiger partial charge < -0.3 is 4.90 Å². The predicted molar refractivity (Wildman–Crippen MR) is 125 cm³/mol. The fourth-order valence-corrected chi connectivity index (χ4v) is 5.97. The molecule has 168 valence electrons. The highest BCUT2D eigenvalue weighted by atomic mass is 32.2. The zero-order chi connectivity index (χ0) is 22.9. The van der Waals surface area contributed by atoms with Crippen molar-refractivity contribution in [3.63, 3.8) is 0 Å².